The molecule has 0 N–H and O–H groups in total. The lowest BCUT2D eigenvalue weighted by Gasteiger charge is -2.26. The van der Waals surface area contributed by atoms with Gasteiger partial charge in [-0.05, 0) is 39.7 Å². The van der Waals surface area contributed by atoms with Crippen molar-refractivity contribution in [3.8, 4) is 6.07 Å². The number of Topliss-reactive ketones (excluding diaryl/α,β-unsaturated/α-hetero) is 1. The molecule has 1 atom stereocenters. The Kier molecular flexibility index (Phi) is 7.05. The average molecular weight is 331 g/mol. The topological polar surface area (TPSA) is 50.1 Å². The van der Waals surface area contributed by atoms with Gasteiger partial charge in [-0.3, -0.25) is 4.79 Å². The fraction of sp³-hybridized carbons (Fsp3) is 0.474. The first kappa shape index (κ1) is 19.5. The third-order valence-corrected chi connectivity index (χ3v) is 4.91. The number of thioether (sulfide) groups is 1. The van der Waals surface area contributed by atoms with Crippen LogP contribution in [0, 0.1) is 11.3 Å². The maximum atomic E-state index is 12.3. The zero-order valence-corrected chi connectivity index (χ0v) is 15.2. The Bertz CT molecular complexity index is 589. The minimum Gasteiger partial charge on any atom is -0.368 e. The Balaban J connectivity index is 2.70. The van der Waals surface area contributed by atoms with Crippen LogP contribution in [0.5, 0.6) is 0 Å². The molecular formula is C19H25NO2S. The summed E-state index contributed by atoms with van der Waals surface area (Å²) in [7, 11) is 0. The van der Waals surface area contributed by atoms with Crippen LogP contribution < -0.4 is 0 Å². The van der Waals surface area contributed by atoms with E-state index in [9.17, 15) is 10.1 Å². The van der Waals surface area contributed by atoms with Gasteiger partial charge < -0.3 is 4.74 Å². The Labute approximate surface area is 143 Å². The fourth-order valence-electron chi connectivity index (χ4n) is 2.18. The molecular weight excluding hydrogens is 306 g/mol. The zero-order valence-electron chi connectivity index (χ0n) is 14.4. The van der Waals surface area contributed by atoms with Crippen molar-refractivity contribution in [3.63, 3.8) is 0 Å². The van der Waals surface area contributed by atoms with E-state index in [1.165, 1.54) is 11.8 Å². The van der Waals surface area contributed by atoms with Gasteiger partial charge in [-0.15, -0.1) is 11.8 Å². The van der Waals surface area contributed by atoms with E-state index in [0.29, 0.717) is 19.4 Å². The number of nitriles is 1. The van der Waals surface area contributed by atoms with E-state index in [4.69, 9.17) is 4.74 Å². The molecule has 0 radical (unpaired) electrons. The van der Waals surface area contributed by atoms with Gasteiger partial charge in [0.1, 0.15) is 10.3 Å². The molecule has 0 amide bonds. The van der Waals surface area contributed by atoms with E-state index in [0.717, 1.165) is 10.5 Å². The Morgan fingerprint density at radius 2 is 1.91 bits per heavy atom. The predicted octanol–water partition coefficient (Wildman–Crippen LogP) is 4.84. The molecule has 1 aromatic carbocycles. The summed E-state index contributed by atoms with van der Waals surface area (Å²) in [6.07, 6.45) is 0.779. The number of ketones is 1. The molecule has 0 aliphatic rings. The van der Waals surface area contributed by atoms with Crippen LogP contribution in [-0.2, 0) is 9.53 Å². The molecule has 0 heterocycles. The van der Waals surface area contributed by atoms with Gasteiger partial charge in [-0.25, -0.2) is 0 Å². The summed E-state index contributed by atoms with van der Waals surface area (Å²) in [5, 5.41) is 9.55. The third kappa shape index (κ3) is 5.85. The van der Waals surface area contributed by atoms with Crippen LogP contribution >= 0.6 is 11.8 Å². The number of hydrogen-bond acceptors (Lipinski definition) is 4. The van der Waals surface area contributed by atoms with Gasteiger partial charge in [-0.1, -0.05) is 36.9 Å². The summed E-state index contributed by atoms with van der Waals surface area (Å²) < 4.78 is 4.79. The highest BCUT2D eigenvalue weighted by Gasteiger charge is 2.32. The SMILES string of the molecule is C=C(SC(C)(C#N)CCC(=O)C(C)(C)OCC)c1ccccc1. The smallest absolute Gasteiger partial charge is 0.164 e. The van der Waals surface area contributed by atoms with Crippen molar-refractivity contribution in [2.75, 3.05) is 6.61 Å². The summed E-state index contributed by atoms with van der Waals surface area (Å²) in [4.78, 5) is 13.1. The van der Waals surface area contributed by atoms with Crippen molar-refractivity contribution in [1.29, 1.82) is 5.26 Å². The predicted molar refractivity (Wildman–Crippen MR) is 97.0 cm³/mol. The van der Waals surface area contributed by atoms with Crippen molar-refractivity contribution >= 4 is 22.5 Å². The molecule has 0 bridgehead atoms. The molecule has 1 rings (SSSR count). The van der Waals surface area contributed by atoms with E-state index in [1.807, 2.05) is 44.2 Å². The molecule has 4 heteroatoms. The van der Waals surface area contributed by atoms with Gasteiger partial charge in [0.15, 0.2) is 5.78 Å². The summed E-state index contributed by atoms with van der Waals surface area (Å²) in [5.74, 6) is 0.0201. The minimum absolute atomic E-state index is 0.0201. The standard InChI is InChI=1S/C19H25NO2S/c1-6-22-18(3,4)17(21)12-13-19(5,14-20)23-15(2)16-10-8-7-9-11-16/h7-11H,2,6,12-13H2,1,3-5H3. The highest BCUT2D eigenvalue weighted by atomic mass is 32.2. The normalized spacial score (nSPS) is 13.9. The van der Waals surface area contributed by atoms with E-state index < -0.39 is 10.3 Å². The molecule has 23 heavy (non-hydrogen) atoms. The fourth-order valence-corrected chi connectivity index (χ4v) is 3.23. The highest BCUT2D eigenvalue weighted by Crippen LogP contribution is 2.39. The number of benzene rings is 1. The lowest BCUT2D eigenvalue weighted by molar-refractivity contribution is -0.140. The van der Waals surface area contributed by atoms with Crippen LogP contribution in [-0.4, -0.2) is 22.7 Å². The van der Waals surface area contributed by atoms with Gasteiger partial charge >= 0.3 is 0 Å². The molecule has 1 aromatic rings. The molecule has 0 saturated heterocycles. The Morgan fingerprint density at radius 1 is 1.30 bits per heavy atom. The molecule has 0 saturated carbocycles. The third-order valence-electron chi connectivity index (χ3n) is 3.69. The number of ether oxygens (including phenoxy) is 1. The zero-order chi connectivity index (χ0) is 17.5. The Hall–Kier alpha value is -1.57. The number of hydrogen-bond donors (Lipinski definition) is 0. The van der Waals surface area contributed by atoms with Crippen molar-refractivity contribution < 1.29 is 9.53 Å². The summed E-state index contributed by atoms with van der Waals surface area (Å²) in [5.41, 5.74) is 0.201. The number of carbonyl (C=O) groups is 1. The van der Waals surface area contributed by atoms with Crippen LogP contribution in [0.15, 0.2) is 36.9 Å². The van der Waals surface area contributed by atoms with Crippen molar-refractivity contribution in [2.45, 2.75) is 50.9 Å². The molecule has 0 aromatic heterocycles. The van der Waals surface area contributed by atoms with Crippen LogP contribution in [0.25, 0.3) is 4.91 Å². The quantitative estimate of drug-likeness (QED) is 0.650. The first-order valence-corrected chi connectivity index (χ1v) is 8.57. The van der Waals surface area contributed by atoms with E-state index in [2.05, 4.69) is 12.6 Å². The van der Waals surface area contributed by atoms with Crippen molar-refractivity contribution in [3.05, 3.63) is 42.5 Å². The molecule has 3 nitrogen and oxygen atoms in total. The minimum atomic E-state index is -0.799. The van der Waals surface area contributed by atoms with Gasteiger partial charge in [0.05, 0.1) is 6.07 Å². The summed E-state index contributed by atoms with van der Waals surface area (Å²) in [6.45, 7) is 11.8. The molecule has 1 unspecified atom stereocenters. The number of carbonyl (C=O) groups excluding carboxylic acids is 1. The van der Waals surface area contributed by atoms with Gasteiger partial charge in [0, 0.05) is 17.9 Å². The first-order chi connectivity index (χ1) is 10.7. The van der Waals surface area contributed by atoms with E-state index in [1.54, 1.807) is 13.8 Å². The molecule has 0 fully saturated rings. The molecule has 0 aliphatic heterocycles. The second-order valence-corrected chi connectivity index (χ2v) is 7.70. The maximum Gasteiger partial charge on any atom is 0.164 e. The number of nitrogens with zero attached hydrogens (tertiary/aromatic N) is 1. The highest BCUT2D eigenvalue weighted by molar-refractivity contribution is 8.09. The van der Waals surface area contributed by atoms with E-state index in [-0.39, 0.29) is 5.78 Å². The molecule has 124 valence electrons. The summed E-state index contributed by atoms with van der Waals surface area (Å²) in [6, 6.07) is 12.1. The van der Waals surface area contributed by atoms with Crippen LogP contribution in [0.3, 0.4) is 0 Å². The summed E-state index contributed by atoms with van der Waals surface area (Å²) >= 11 is 1.42. The van der Waals surface area contributed by atoms with E-state index >= 15 is 0 Å². The van der Waals surface area contributed by atoms with Crippen LogP contribution in [0.2, 0.25) is 0 Å². The first-order valence-electron chi connectivity index (χ1n) is 7.76. The monoisotopic (exact) mass is 331 g/mol. The van der Waals surface area contributed by atoms with Gasteiger partial charge in [0.2, 0.25) is 0 Å². The Morgan fingerprint density at radius 3 is 2.43 bits per heavy atom. The largest absolute Gasteiger partial charge is 0.368 e. The average Bonchev–Trinajstić information content (AvgIpc) is 2.53. The van der Waals surface area contributed by atoms with Crippen molar-refractivity contribution in [2.24, 2.45) is 0 Å². The molecule has 0 spiro atoms. The number of rotatable bonds is 9. The van der Waals surface area contributed by atoms with Crippen LogP contribution in [0.4, 0.5) is 0 Å². The van der Waals surface area contributed by atoms with Gasteiger partial charge in [-0.2, -0.15) is 5.26 Å². The van der Waals surface area contributed by atoms with Crippen LogP contribution in [0.1, 0.15) is 46.1 Å². The maximum absolute atomic E-state index is 12.3. The lowest BCUT2D eigenvalue weighted by Crippen LogP contribution is -2.36. The second-order valence-electron chi connectivity index (χ2n) is 6.10. The van der Waals surface area contributed by atoms with Crippen molar-refractivity contribution in [1.82, 2.24) is 0 Å². The second kappa shape index (κ2) is 8.33. The van der Waals surface area contributed by atoms with Gasteiger partial charge in [0.25, 0.3) is 0 Å². The lowest BCUT2D eigenvalue weighted by atomic mass is 9.95. The molecule has 0 aliphatic carbocycles.